The summed E-state index contributed by atoms with van der Waals surface area (Å²) in [5.41, 5.74) is 1.65. The van der Waals surface area contributed by atoms with Crippen LogP contribution in [0.2, 0.25) is 0 Å². The zero-order valence-corrected chi connectivity index (χ0v) is 7.28. The molecule has 0 atom stereocenters. The Labute approximate surface area is 76.3 Å². The summed E-state index contributed by atoms with van der Waals surface area (Å²) in [5, 5.41) is 8.41. The first-order valence-electron chi connectivity index (χ1n) is 3.78. The highest BCUT2D eigenvalue weighted by molar-refractivity contribution is 5.64. The Morgan fingerprint density at radius 1 is 1.62 bits per heavy atom. The Bertz CT molecular complexity index is 342. The predicted octanol–water partition coefficient (Wildman–Crippen LogP) is 2.69. The number of carboxylic acid groups (broad SMARTS) is 1. The van der Waals surface area contributed by atoms with Crippen molar-refractivity contribution in [2.45, 2.75) is 6.92 Å². The monoisotopic (exact) mass is 178 g/mol. The summed E-state index contributed by atoms with van der Waals surface area (Å²) in [7, 11) is 0. The fourth-order valence-electron chi connectivity index (χ4n) is 1.06. The number of hydrogen-bond donors (Lipinski definition) is 1. The topological polar surface area (TPSA) is 46.5 Å². The van der Waals surface area contributed by atoms with E-state index in [4.69, 9.17) is 5.11 Å². The maximum atomic E-state index is 10.3. The molecule has 1 rings (SSSR count). The average Bonchev–Trinajstić information content (AvgIpc) is 2.08. The minimum Gasteiger partial charge on any atom is -0.449 e. The summed E-state index contributed by atoms with van der Waals surface area (Å²) in [5.74, 6) is 0.352. The van der Waals surface area contributed by atoms with Crippen LogP contribution in [0.25, 0.3) is 6.08 Å². The van der Waals surface area contributed by atoms with E-state index in [2.05, 4.69) is 11.3 Å². The van der Waals surface area contributed by atoms with Gasteiger partial charge in [0.1, 0.15) is 5.75 Å². The van der Waals surface area contributed by atoms with Gasteiger partial charge in [0.25, 0.3) is 0 Å². The van der Waals surface area contributed by atoms with Crippen LogP contribution >= 0.6 is 0 Å². The summed E-state index contributed by atoms with van der Waals surface area (Å²) in [4.78, 5) is 10.3. The molecule has 0 aromatic heterocycles. The van der Waals surface area contributed by atoms with Crippen molar-refractivity contribution in [1.29, 1.82) is 0 Å². The van der Waals surface area contributed by atoms with Gasteiger partial charge in [-0.05, 0) is 24.1 Å². The van der Waals surface area contributed by atoms with Crippen LogP contribution < -0.4 is 4.74 Å². The van der Waals surface area contributed by atoms with Crippen LogP contribution in [0.3, 0.4) is 0 Å². The molecule has 0 unspecified atom stereocenters. The van der Waals surface area contributed by atoms with Crippen molar-refractivity contribution < 1.29 is 14.6 Å². The molecule has 1 aromatic carbocycles. The Hall–Kier alpha value is -1.77. The van der Waals surface area contributed by atoms with E-state index in [1.165, 1.54) is 0 Å². The Balaban J connectivity index is 3.07. The third-order valence-corrected chi connectivity index (χ3v) is 1.74. The van der Waals surface area contributed by atoms with Crippen LogP contribution in [0.4, 0.5) is 4.79 Å². The highest BCUT2D eigenvalue weighted by atomic mass is 16.7. The number of carbonyl (C=O) groups is 1. The van der Waals surface area contributed by atoms with Gasteiger partial charge < -0.3 is 9.84 Å². The van der Waals surface area contributed by atoms with Crippen molar-refractivity contribution in [1.82, 2.24) is 0 Å². The van der Waals surface area contributed by atoms with E-state index in [-0.39, 0.29) is 0 Å². The average molecular weight is 178 g/mol. The van der Waals surface area contributed by atoms with Gasteiger partial charge in [-0.2, -0.15) is 0 Å². The first-order chi connectivity index (χ1) is 6.15. The first kappa shape index (κ1) is 9.32. The maximum absolute atomic E-state index is 10.3. The molecule has 0 amide bonds. The molecule has 13 heavy (non-hydrogen) atoms. The molecule has 3 nitrogen and oxygen atoms in total. The van der Waals surface area contributed by atoms with Gasteiger partial charge in [0.15, 0.2) is 0 Å². The van der Waals surface area contributed by atoms with Gasteiger partial charge in [0.2, 0.25) is 0 Å². The molecule has 0 aliphatic rings. The molecule has 0 saturated heterocycles. The zero-order valence-electron chi connectivity index (χ0n) is 7.28. The second-order valence-corrected chi connectivity index (χ2v) is 2.54. The van der Waals surface area contributed by atoms with Crippen molar-refractivity contribution in [3.63, 3.8) is 0 Å². The molecule has 0 aliphatic heterocycles. The lowest BCUT2D eigenvalue weighted by Crippen LogP contribution is -2.04. The lowest BCUT2D eigenvalue weighted by molar-refractivity contribution is 0.144. The van der Waals surface area contributed by atoms with E-state index in [9.17, 15) is 4.79 Å². The molecule has 0 fully saturated rings. The minimum absolute atomic E-state index is 0.352. The second-order valence-electron chi connectivity index (χ2n) is 2.54. The molecular formula is C10H10O3. The largest absolute Gasteiger partial charge is 0.511 e. The molecule has 0 radical (unpaired) electrons. The molecule has 1 N–H and O–H groups in total. The maximum Gasteiger partial charge on any atom is 0.511 e. The normalized spacial score (nSPS) is 9.31. The summed E-state index contributed by atoms with van der Waals surface area (Å²) in [6.07, 6.45) is 0.355. The summed E-state index contributed by atoms with van der Waals surface area (Å²) in [6.45, 7) is 5.40. The van der Waals surface area contributed by atoms with Gasteiger partial charge in [-0.3, -0.25) is 0 Å². The summed E-state index contributed by atoms with van der Waals surface area (Å²) in [6, 6.07) is 5.18. The number of rotatable bonds is 2. The number of hydrogen-bond acceptors (Lipinski definition) is 2. The van der Waals surface area contributed by atoms with Crippen molar-refractivity contribution >= 4 is 12.2 Å². The lowest BCUT2D eigenvalue weighted by atomic mass is 10.1. The highest BCUT2D eigenvalue weighted by Gasteiger charge is 2.05. The molecule has 0 saturated carbocycles. The first-order valence-corrected chi connectivity index (χ1v) is 3.78. The van der Waals surface area contributed by atoms with Gasteiger partial charge in [0, 0.05) is 0 Å². The van der Waals surface area contributed by atoms with Crippen LogP contribution in [0.5, 0.6) is 5.75 Å². The standard InChI is InChI=1S/C10H10O3/c1-3-8-5-4-6-9(7(8)2)13-10(11)12/h3-6H,1H2,2H3,(H,11,12). The van der Waals surface area contributed by atoms with Crippen molar-refractivity contribution in [2.75, 3.05) is 0 Å². The van der Waals surface area contributed by atoms with E-state index < -0.39 is 6.16 Å². The second kappa shape index (κ2) is 3.76. The van der Waals surface area contributed by atoms with E-state index in [0.29, 0.717) is 5.75 Å². The van der Waals surface area contributed by atoms with Crippen LogP contribution in [0, 0.1) is 6.92 Å². The van der Waals surface area contributed by atoms with E-state index in [0.717, 1.165) is 11.1 Å². The highest BCUT2D eigenvalue weighted by Crippen LogP contribution is 2.21. The fraction of sp³-hybridized carbons (Fsp3) is 0.100. The van der Waals surface area contributed by atoms with E-state index in [1.807, 2.05) is 6.07 Å². The predicted molar refractivity (Wildman–Crippen MR) is 49.9 cm³/mol. The van der Waals surface area contributed by atoms with Crippen LogP contribution in [-0.4, -0.2) is 11.3 Å². The third-order valence-electron chi connectivity index (χ3n) is 1.74. The van der Waals surface area contributed by atoms with Crippen LogP contribution in [0.15, 0.2) is 24.8 Å². The number of ether oxygens (including phenoxy) is 1. The van der Waals surface area contributed by atoms with E-state index in [1.54, 1.807) is 25.1 Å². The molecule has 68 valence electrons. The van der Waals surface area contributed by atoms with E-state index >= 15 is 0 Å². The molecule has 0 heterocycles. The third kappa shape index (κ3) is 2.08. The summed E-state index contributed by atoms with van der Waals surface area (Å²) < 4.78 is 4.56. The van der Waals surface area contributed by atoms with Crippen molar-refractivity contribution in [2.24, 2.45) is 0 Å². The Morgan fingerprint density at radius 3 is 2.85 bits per heavy atom. The van der Waals surface area contributed by atoms with Gasteiger partial charge in [-0.15, -0.1) is 0 Å². The van der Waals surface area contributed by atoms with Gasteiger partial charge in [-0.1, -0.05) is 24.8 Å². The molecule has 0 bridgehead atoms. The number of benzene rings is 1. The van der Waals surface area contributed by atoms with Crippen LogP contribution in [-0.2, 0) is 0 Å². The van der Waals surface area contributed by atoms with Crippen LogP contribution in [0.1, 0.15) is 11.1 Å². The molecule has 0 aliphatic carbocycles. The Morgan fingerprint density at radius 2 is 2.31 bits per heavy atom. The Kier molecular flexibility index (Phi) is 2.69. The van der Waals surface area contributed by atoms with Crippen molar-refractivity contribution in [3.05, 3.63) is 35.9 Å². The van der Waals surface area contributed by atoms with Gasteiger partial charge in [0.05, 0.1) is 0 Å². The lowest BCUT2D eigenvalue weighted by Gasteiger charge is -2.05. The molecule has 0 spiro atoms. The molecule has 3 heteroatoms. The fourth-order valence-corrected chi connectivity index (χ4v) is 1.06. The smallest absolute Gasteiger partial charge is 0.449 e. The zero-order chi connectivity index (χ0) is 9.84. The van der Waals surface area contributed by atoms with Crippen molar-refractivity contribution in [3.8, 4) is 5.75 Å². The van der Waals surface area contributed by atoms with Gasteiger partial charge >= 0.3 is 6.16 Å². The van der Waals surface area contributed by atoms with Gasteiger partial charge in [-0.25, -0.2) is 4.79 Å². The molecule has 1 aromatic rings. The molecular weight excluding hydrogens is 168 g/mol. The minimum atomic E-state index is -1.30. The summed E-state index contributed by atoms with van der Waals surface area (Å²) >= 11 is 0. The quantitative estimate of drug-likeness (QED) is 0.559. The SMILES string of the molecule is C=Cc1cccc(OC(=O)O)c1C.